The number of aliphatic hydroxyl groups is 1. The highest BCUT2D eigenvalue weighted by Gasteiger charge is 2.40. The van der Waals surface area contributed by atoms with Gasteiger partial charge in [0.2, 0.25) is 59.1 Å². The predicted octanol–water partition coefficient (Wildman–Crippen LogP) is -1.23. The van der Waals surface area contributed by atoms with Gasteiger partial charge in [0, 0.05) is 26.6 Å². The van der Waals surface area contributed by atoms with Crippen LogP contribution in [0, 0.1) is 23.7 Å². The Labute approximate surface area is 446 Å². The zero-order valence-corrected chi connectivity index (χ0v) is 46.6. The maximum atomic E-state index is 14.2. The molecule has 0 aromatic rings. The summed E-state index contributed by atoms with van der Waals surface area (Å²) in [4.78, 5) is 141. The Morgan fingerprint density at radius 3 is 1.83 bits per heavy atom. The Bertz CT molecular complexity index is 1960. The van der Waals surface area contributed by atoms with E-state index < -0.39 is 120 Å². The van der Waals surface area contributed by atoms with Gasteiger partial charge in [-0.3, -0.25) is 52.9 Å². The van der Waals surface area contributed by atoms with Crippen molar-refractivity contribution >= 4 is 76.8 Å². The van der Waals surface area contributed by atoms with Crippen LogP contribution in [-0.2, 0) is 47.9 Å². The summed E-state index contributed by atoms with van der Waals surface area (Å²) in [6.45, 7) is 17.0. The lowest BCUT2D eigenvalue weighted by atomic mass is 9.93. The second-order valence-corrected chi connectivity index (χ2v) is 21.6. The third-order valence-electron chi connectivity index (χ3n) is 13.2. The predicted molar refractivity (Wildman–Crippen MR) is 286 cm³/mol. The number of aliphatic imine (C=N–C) groups is 1. The summed E-state index contributed by atoms with van der Waals surface area (Å²) in [6, 6.07) is -9.14. The number of carbonyl (C=O) groups is 10. The summed E-state index contributed by atoms with van der Waals surface area (Å²) < 4.78 is 0. The summed E-state index contributed by atoms with van der Waals surface area (Å²) in [5.74, 6) is -5.94. The van der Waals surface area contributed by atoms with Gasteiger partial charge in [-0.2, -0.15) is 11.8 Å². The van der Waals surface area contributed by atoms with Crippen LogP contribution in [-0.4, -0.2) is 167 Å². The fraction of sp³-hybridized carbons (Fsp3) is 0.780. The van der Waals surface area contributed by atoms with Crippen molar-refractivity contribution < 1.29 is 53.1 Å². The number of nitrogens with two attached hydrogens (primary N) is 2. The Morgan fingerprint density at radius 2 is 1.27 bits per heavy atom. The van der Waals surface area contributed by atoms with E-state index in [1.54, 1.807) is 60.2 Å². The van der Waals surface area contributed by atoms with E-state index in [0.717, 1.165) is 24.3 Å². The molecule has 0 aromatic carbocycles. The largest absolute Gasteiger partial charge is 0.391 e. The van der Waals surface area contributed by atoms with Gasteiger partial charge in [0.15, 0.2) is 5.96 Å². The molecule has 2 saturated heterocycles. The van der Waals surface area contributed by atoms with Gasteiger partial charge < -0.3 is 69.3 Å². The highest BCUT2D eigenvalue weighted by atomic mass is 32.2. The van der Waals surface area contributed by atoms with Crippen molar-refractivity contribution in [2.24, 2.45) is 40.1 Å². The summed E-state index contributed by atoms with van der Waals surface area (Å²) >= 11 is 1.76. The Balaban J connectivity index is 2.26. The van der Waals surface area contributed by atoms with Crippen LogP contribution < -0.4 is 59.3 Å². The number of hydrogen-bond donors (Lipinski definition) is 12. The van der Waals surface area contributed by atoms with Gasteiger partial charge in [0.1, 0.15) is 48.3 Å². The zero-order chi connectivity index (χ0) is 56.5. The first kappa shape index (κ1) is 65.4. The first-order chi connectivity index (χ1) is 35.4. The van der Waals surface area contributed by atoms with Gasteiger partial charge in [-0.25, -0.2) is 0 Å². The van der Waals surface area contributed by atoms with Crippen molar-refractivity contribution in [1.82, 2.24) is 52.8 Å². The molecule has 0 unspecified atom stereocenters. The lowest BCUT2D eigenvalue weighted by molar-refractivity contribution is -0.142. The fourth-order valence-corrected chi connectivity index (χ4v) is 10.1. The highest BCUT2D eigenvalue weighted by molar-refractivity contribution is 7.99. The SMILES string of the molecule is CCC[C@H](NC(=O)[C@@H](NC(=O)[C@@H](CC(C)C)NC(=O)[C@@H](NC(=O)CNC(=O)[C@@H](NC(C)=O)C1CCSCC1)C(C)C)[C@@H](C)O)C(=O)N[C@H](C(=O)N[C@@H](CCCN=C(N)N)C(=O)N1CCC[C@H]1C(=O)NCC)[C@@H](C)CC. The summed E-state index contributed by atoms with van der Waals surface area (Å²) in [5.41, 5.74) is 11.0. The number of likely N-dealkylation sites (tertiary alicyclic amines) is 1. The van der Waals surface area contributed by atoms with Gasteiger partial charge in [0.05, 0.1) is 12.6 Å². The van der Waals surface area contributed by atoms with Gasteiger partial charge in [0.25, 0.3) is 0 Å². The molecule has 10 amide bonds. The number of amides is 10. The molecular formula is C50H89N13O11S. The van der Waals surface area contributed by atoms with Crippen LogP contribution in [0.3, 0.4) is 0 Å². The van der Waals surface area contributed by atoms with Crippen LogP contribution in [0.2, 0.25) is 0 Å². The number of likely N-dealkylation sites (N-methyl/N-ethyl adjacent to an activating group) is 1. The average Bonchev–Trinajstić information content (AvgIpc) is 3.85. The molecule has 75 heavy (non-hydrogen) atoms. The Morgan fingerprint density at radius 1 is 0.680 bits per heavy atom. The summed E-state index contributed by atoms with van der Waals surface area (Å²) in [7, 11) is 0. The monoisotopic (exact) mass is 1080 g/mol. The lowest BCUT2D eigenvalue weighted by Gasteiger charge is -2.31. The van der Waals surface area contributed by atoms with Crippen LogP contribution >= 0.6 is 11.8 Å². The van der Waals surface area contributed by atoms with Crippen molar-refractivity contribution in [3.63, 3.8) is 0 Å². The third-order valence-corrected chi connectivity index (χ3v) is 14.3. The maximum absolute atomic E-state index is 14.2. The Kier molecular flexibility index (Phi) is 29.1. The molecule has 14 N–H and O–H groups in total. The van der Waals surface area contributed by atoms with Crippen molar-refractivity contribution in [3.05, 3.63) is 0 Å². The van der Waals surface area contributed by atoms with Gasteiger partial charge >= 0.3 is 0 Å². The van der Waals surface area contributed by atoms with E-state index >= 15 is 0 Å². The molecular weight excluding hydrogens is 991 g/mol. The number of nitrogens with one attached hydrogen (secondary N) is 9. The third kappa shape index (κ3) is 22.2. The van der Waals surface area contributed by atoms with Gasteiger partial charge in [-0.1, -0.05) is 61.3 Å². The number of aliphatic hydroxyl groups excluding tert-OH is 1. The number of carbonyl (C=O) groups excluding carboxylic acids is 10. The van der Waals surface area contributed by atoms with E-state index in [1.807, 2.05) is 6.92 Å². The molecule has 0 saturated carbocycles. The van der Waals surface area contributed by atoms with E-state index in [4.69, 9.17) is 11.5 Å². The minimum atomic E-state index is -1.62. The van der Waals surface area contributed by atoms with Crippen molar-refractivity contribution in [2.45, 2.75) is 188 Å². The molecule has 0 radical (unpaired) electrons. The molecule has 2 aliphatic rings. The number of guanidine groups is 1. The molecule has 0 aromatic heterocycles. The van der Waals surface area contributed by atoms with E-state index in [1.165, 1.54) is 18.7 Å². The minimum Gasteiger partial charge on any atom is -0.391 e. The molecule has 2 aliphatic heterocycles. The quantitative estimate of drug-likeness (QED) is 0.0220. The van der Waals surface area contributed by atoms with Crippen molar-refractivity contribution in [1.29, 1.82) is 0 Å². The summed E-state index contributed by atoms with van der Waals surface area (Å²) in [5, 5.41) is 35.0. The molecule has 2 rings (SSSR count). The zero-order valence-electron chi connectivity index (χ0n) is 45.8. The molecule has 426 valence electrons. The van der Waals surface area contributed by atoms with Crippen LogP contribution in [0.25, 0.3) is 0 Å². The number of nitrogens with zero attached hydrogens (tertiary/aromatic N) is 2. The molecule has 2 fully saturated rings. The second kappa shape index (κ2) is 33.3. The summed E-state index contributed by atoms with van der Waals surface area (Å²) in [6.07, 6.45) is 2.37. The lowest BCUT2D eigenvalue weighted by Crippen LogP contribution is -2.62. The fourth-order valence-electron chi connectivity index (χ4n) is 8.92. The smallest absolute Gasteiger partial charge is 0.245 e. The van der Waals surface area contributed by atoms with Crippen molar-refractivity contribution in [2.75, 3.05) is 37.7 Å². The molecule has 0 aliphatic carbocycles. The molecule has 25 heteroatoms. The molecule has 0 spiro atoms. The average molecular weight is 1080 g/mol. The van der Waals surface area contributed by atoms with E-state index in [-0.39, 0.29) is 55.4 Å². The van der Waals surface area contributed by atoms with E-state index in [2.05, 4.69) is 52.8 Å². The standard InChI is InChI=1S/C50H89N13O11S/c1-11-16-33(42(67)61-39(29(8)12-2)47(72)58-34(17-14-21-54-50(51)52)49(74)63-22-15-18-36(63)44(69)53-13-3)57-48(73)40(30(9)64)62-43(68)35(25-27(4)5)59-46(71)38(28(6)7)60-37(66)26-55-45(70)41(56-31(10)65)32-19-23-75-24-20-32/h27-30,32-36,38-41,64H,11-26H2,1-10H3,(H,53,69)(H,55,70)(H,56,65)(H,57,73)(H,58,72)(H,59,71)(H,60,66)(H,61,67)(H,62,68)(H4,51,52,54)/t29-,30+,33-,34-,35+,36-,38-,39-,40-,41-/m0/s1. The van der Waals surface area contributed by atoms with Crippen LogP contribution in [0.15, 0.2) is 4.99 Å². The second-order valence-electron chi connectivity index (χ2n) is 20.4. The van der Waals surface area contributed by atoms with E-state index in [0.29, 0.717) is 45.2 Å². The minimum absolute atomic E-state index is 0.0835. The van der Waals surface area contributed by atoms with Gasteiger partial charge in [-0.05, 0) is 100 Å². The maximum Gasteiger partial charge on any atom is 0.245 e. The van der Waals surface area contributed by atoms with Crippen LogP contribution in [0.5, 0.6) is 0 Å². The molecule has 10 atom stereocenters. The molecule has 0 bridgehead atoms. The van der Waals surface area contributed by atoms with Crippen LogP contribution in [0.4, 0.5) is 0 Å². The first-order valence-electron chi connectivity index (χ1n) is 26.6. The van der Waals surface area contributed by atoms with Crippen LogP contribution in [0.1, 0.15) is 133 Å². The Hall–Kier alpha value is -5.72. The molecule has 24 nitrogen and oxygen atoms in total. The first-order valence-corrected chi connectivity index (χ1v) is 27.8. The highest BCUT2D eigenvalue weighted by Crippen LogP contribution is 2.26. The number of hydrogen-bond acceptors (Lipinski definition) is 13. The topological polar surface area (TPSA) is 367 Å². The number of thioether (sulfide) groups is 1. The normalized spacial score (nSPS) is 18.3. The van der Waals surface area contributed by atoms with E-state index in [9.17, 15) is 53.1 Å². The van der Waals surface area contributed by atoms with Crippen molar-refractivity contribution in [3.8, 4) is 0 Å². The molecule has 2 heterocycles. The number of rotatable bonds is 31. The van der Waals surface area contributed by atoms with Gasteiger partial charge in [-0.15, -0.1) is 0 Å².